The quantitative estimate of drug-likeness (QED) is 0.790. The van der Waals surface area contributed by atoms with Crippen molar-refractivity contribution in [3.05, 3.63) is 23.8 Å². The maximum atomic E-state index is 12.9. The molecule has 2 aliphatic heterocycles. The number of amides is 1. The molecule has 0 bridgehead atoms. The zero-order valence-corrected chi connectivity index (χ0v) is 15.6. The van der Waals surface area contributed by atoms with Crippen molar-refractivity contribution in [2.75, 3.05) is 53.4 Å². The van der Waals surface area contributed by atoms with Gasteiger partial charge in [0.2, 0.25) is 10.0 Å². The van der Waals surface area contributed by atoms with E-state index in [0.717, 1.165) is 25.9 Å². The van der Waals surface area contributed by atoms with Crippen molar-refractivity contribution in [2.45, 2.75) is 17.7 Å². The largest absolute Gasteiger partial charge is 0.496 e. The van der Waals surface area contributed by atoms with E-state index in [9.17, 15) is 13.2 Å². The second-order valence-electron chi connectivity index (χ2n) is 6.57. The van der Waals surface area contributed by atoms with Gasteiger partial charge < -0.3 is 14.5 Å². The molecule has 138 valence electrons. The monoisotopic (exact) mass is 367 g/mol. The third kappa shape index (κ3) is 3.65. The van der Waals surface area contributed by atoms with Gasteiger partial charge in [0, 0.05) is 39.3 Å². The van der Waals surface area contributed by atoms with Crippen molar-refractivity contribution < 1.29 is 17.9 Å². The molecule has 0 atom stereocenters. The molecule has 2 aliphatic rings. The van der Waals surface area contributed by atoms with Crippen LogP contribution in [0.15, 0.2) is 23.1 Å². The summed E-state index contributed by atoms with van der Waals surface area (Å²) in [7, 11) is -0.0501. The molecule has 0 radical (unpaired) electrons. The lowest BCUT2D eigenvalue weighted by Gasteiger charge is -2.32. The van der Waals surface area contributed by atoms with E-state index >= 15 is 0 Å². The van der Waals surface area contributed by atoms with Crippen LogP contribution in [-0.4, -0.2) is 81.9 Å². The number of carbonyl (C=O) groups excluding carboxylic acids is 1. The van der Waals surface area contributed by atoms with Gasteiger partial charge in [0.15, 0.2) is 0 Å². The Labute approximate surface area is 149 Å². The minimum atomic E-state index is -3.56. The molecule has 0 saturated carbocycles. The number of carbonyl (C=O) groups is 1. The number of sulfonamides is 1. The molecule has 2 heterocycles. The zero-order valence-electron chi connectivity index (χ0n) is 14.8. The van der Waals surface area contributed by atoms with Crippen LogP contribution in [0.2, 0.25) is 0 Å². The molecule has 0 spiro atoms. The van der Waals surface area contributed by atoms with Gasteiger partial charge in [-0.25, -0.2) is 8.42 Å². The molecule has 0 unspecified atom stereocenters. The SMILES string of the molecule is COc1ccc(S(=O)(=O)N2CCCC2)cc1C(=O)N1CCN(C)CC1. The summed E-state index contributed by atoms with van der Waals surface area (Å²) in [6, 6.07) is 4.56. The second-order valence-corrected chi connectivity index (χ2v) is 8.51. The predicted octanol–water partition coefficient (Wildman–Crippen LogP) is 0.867. The van der Waals surface area contributed by atoms with Gasteiger partial charge >= 0.3 is 0 Å². The highest BCUT2D eigenvalue weighted by Crippen LogP contribution is 2.27. The van der Waals surface area contributed by atoms with E-state index < -0.39 is 10.0 Å². The van der Waals surface area contributed by atoms with Crippen LogP contribution in [0.25, 0.3) is 0 Å². The lowest BCUT2D eigenvalue weighted by Crippen LogP contribution is -2.47. The normalized spacial score (nSPS) is 20.0. The van der Waals surface area contributed by atoms with E-state index in [4.69, 9.17) is 4.74 Å². The minimum absolute atomic E-state index is 0.160. The van der Waals surface area contributed by atoms with Crippen molar-refractivity contribution in [1.82, 2.24) is 14.1 Å². The minimum Gasteiger partial charge on any atom is -0.496 e. The zero-order chi connectivity index (χ0) is 18.0. The Morgan fingerprint density at radius 1 is 1.04 bits per heavy atom. The van der Waals surface area contributed by atoms with Crippen LogP contribution in [0, 0.1) is 0 Å². The number of ether oxygens (including phenoxy) is 1. The number of piperazine rings is 1. The van der Waals surface area contributed by atoms with Crippen LogP contribution in [0.4, 0.5) is 0 Å². The van der Waals surface area contributed by atoms with E-state index in [2.05, 4.69) is 4.90 Å². The van der Waals surface area contributed by atoms with Gasteiger partial charge in [0.05, 0.1) is 17.6 Å². The lowest BCUT2D eigenvalue weighted by atomic mass is 10.1. The van der Waals surface area contributed by atoms with Crippen LogP contribution in [0.3, 0.4) is 0 Å². The summed E-state index contributed by atoms with van der Waals surface area (Å²) in [5, 5.41) is 0. The van der Waals surface area contributed by atoms with Crippen LogP contribution in [0.5, 0.6) is 5.75 Å². The maximum absolute atomic E-state index is 12.9. The summed E-state index contributed by atoms with van der Waals surface area (Å²) in [4.78, 5) is 17.0. The second kappa shape index (κ2) is 7.31. The molecule has 1 aromatic carbocycles. The standard InChI is InChI=1S/C17H25N3O4S/c1-18-9-11-19(12-10-18)17(21)15-13-14(5-6-16(15)24-2)25(22,23)20-7-3-4-8-20/h5-6,13H,3-4,7-12H2,1-2H3. The Morgan fingerprint density at radius 3 is 2.28 bits per heavy atom. The number of methoxy groups -OCH3 is 1. The Bertz CT molecular complexity index is 736. The summed E-state index contributed by atoms with van der Waals surface area (Å²) >= 11 is 0. The molecular formula is C17H25N3O4S. The third-order valence-corrected chi connectivity index (χ3v) is 6.79. The number of rotatable bonds is 4. The van der Waals surface area contributed by atoms with Crippen molar-refractivity contribution in [1.29, 1.82) is 0 Å². The molecule has 2 fully saturated rings. The lowest BCUT2D eigenvalue weighted by molar-refractivity contribution is 0.0660. The first-order valence-corrected chi connectivity index (χ1v) is 10.0. The number of hydrogen-bond donors (Lipinski definition) is 0. The predicted molar refractivity (Wildman–Crippen MR) is 94.4 cm³/mol. The maximum Gasteiger partial charge on any atom is 0.257 e. The Hall–Kier alpha value is -1.64. The van der Waals surface area contributed by atoms with Crippen molar-refractivity contribution >= 4 is 15.9 Å². The number of likely N-dealkylation sites (N-methyl/N-ethyl adjacent to an activating group) is 1. The molecule has 3 rings (SSSR count). The molecule has 25 heavy (non-hydrogen) atoms. The molecule has 1 aromatic rings. The van der Waals surface area contributed by atoms with Crippen molar-refractivity contribution in [2.24, 2.45) is 0 Å². The Balaban J connectivity index is 1.91. The summed E-state index contributed by atoms with van der Waals surface area (Å²) in [6.45, 7) is 3.94. The number of nitrogens with zero attached hydrogens (tertiary/aromatic N) is 3. The highest BCUT2D eigenvalue weighted by molar-refractivity contribution is 7.89. The topological polar surface area (TPSA) is 70.2 Å². The van der Waals surface area contributed by atoms with Gasteiger partial charge in [-0.15, -0.1) is 0 Å². The molecule has 0 aromatic heterocycles. The van der Waals surface area contributed by atoms with Gasteiger partial charge in [-0.1, -0.05) is 0 Å². The fourth-order valence-electron chi connectivity index (χ4n) is 3.27. The number of benzene rings is 1. The first-order chi connectivity index (χ1) is 11.9. The van der Waals surface area contributed by atoms with Crippen LogP contribution < -0.4 is 4.74 Å². The van der Waals surface area contributed by atoms with Crippen molar-refractivity contribution in [3.63, 3.8) is 0 Å². The molecule has 0 N–H and O–H groups in total. The first-order valence-electron chi connectivity index (χ1n) is 8.59. The van der Waals surface area contributed by atoms with E-state index in [1.807, 2.05) is 7.05 Å². The molecule has 7 nitrogen and oxygen atoms in total. The molecule has 0 aliphatic carbocycles. The Morgan fingerprint density at radius 2 is 1.68 bits per heavy atom. The van der Waals surface area contributed by atoms with Crippen LogP contribution in [0.1, 0.15) is 23.2 Å². The summed E-state index contributed by atoms with van der Waals surface area (Å²) < 4.78 is 32.4. The third-order valence-electron chi connectivity index (χ3n) is 4.89. The van der Waals surface area contributed by atoms with E-state index in [-0.39, 0.29) is 10.8 Å². The van der Waals surface area contributed by atoms with E-state index in [0.29, 0.717) is 37.5 Å². The highest BCUT2D eigenvalue weighted by Gasteiger charge is 2.30. The molecule has 8 heteroatoms. The summed E-state index contributed by atoms with van der Waals surface area (Å²) in [6.07, 6.45) is 1.75. The van der Waals surface area contributed by atoms with Gasteiger partial charge in [-0.3, -0.25) is 4.79 Å². The summed E-state index contributed by atoms with van der Waals surface area (Å²) in [5.41, 5.74) is 0.312. The average Bonchev–Trinajstić information content (AvgIpc) is 3.16. The Kier molecular flexibility index (Phi) is 5.31. The van der Waals surface area contributed by atoms with Gasteiger partial charge in [0.1, 0.15) is 5.75 Å². The van der Waals surface area contributed by atoms with E-state index in [1.54, 1.807) is 11.0 Å². The fourth-order valence-corrected chi connectivity index (χ4v) is 4.82. The smallest absolute Gasteiger partial charge is 0.257 e. The highest BCUT2D eigenvalue weighted by atomic mass is 32.2. The van der Waals surface area contributed by atoms with Gasteiger partial charge in [0.25, 0.3) is 5.91 Å². The molecule has 1 amide bonds. The molecular weight excluding hydrogens is 342 g/mol. The molecule has 2 saturated heterocycles. The fraction of sp³-hybridized carbons (Fsp3) is 0.588. The van der Waals surface area contributed by atoms with Gasteiger partial charge in [-0.05, 0) is 38.1 Å². The van der Waals surface area contributed by atoms with Crippen LogP contribution in [-0.2, 0) is 10.0 Å². The van der Waals surface area contributed by atoms with Crippen molar-refractivity contribution in [3.8, 4) is 5.75 Å². The average molecular weight is 367 g/mol. The van der Waals surface area contributed by atoms with E-state index in [1.165, 1.54) is 23.5 Å². The first kappa shape index (κ1) is 18.2. The summed E-state index contributed by atoms with van der Waals surface area (Å²) in [5.74, 6) is 0.229. The van der Waals surface area contributed by atoms with Gasteiger partial charge in [-0.2, -0.15) is 4.31 Å². The number of hydrogen-bond acceptors (Lipinski definition) is 5. The van der Waals surface area contributed by atoms with Crippen LogP contribution >= 0.6 is 0 Å².